The zero-order chi connectivity index (χ0) is 31.4. The van der Waals surface area contributed by atoms with Crippen molar-refractivity contribution < 1.29 is 26.2 Å². The summed E-state index contributed by atoms with van der Waals surface area (Å²) >= 11 is 0. The fourth-order valence-corrected chi connectivity index (χ4v) is 5.14. The molecule has 5 rings (SSSR count). The number of aromatic hydroxyl groups is 1. The molecule has 45 heavy (non-hydrogen) atoms. The van der Waals surface area contributed by atoms with Crippen LogP contribution in [0.25, 0.3) is 38.6 Å². The van der Waals surface area contributed by atoms with E-state index < -0.39 is 5.41 Å². The van der Waals surface area contributed by atoms with E-state index in [0.717, 1.165) is 11.3 Å². The Labute approximate surface area is 274 Å². The van der Waals surface area contributed by atoms with Gasteiger partial charge in [0.25, 0.3) is 0 Å². The van der Waals surface area contributed by atoms with Crippen LogP contribution >= 0.6 is 0 Å². The van der Waals surface area contributed by atoms with Crippen molar-refractivity contribution in [3.63, 3.8) is 0 Å². The fraction of sp³-hybridized carbons (Fsp3) is 0.0833. The predicted octanol–water partition coefficient (Wildman–Crippen LogP) is 7.34. The van der Waals surface area contributed by atoms with Crippen LogP contribution in [-0.4, -0.2) is 15.1 Å². The molecule has 5 aromatic rings. The van der Waals surface area contributed by atoms with Crippen LogP contribution in [0, 0.1) is 58.0 Å². The standard InChI is InChI=1S/C36H20N7O.Pt/c1-36(2,28-11-4-5-15-32(28)44)33-16-8-14-31(43-33)30-13-7-12-29(42-30)22-9-6-10-23(17-22)34-26(20-39)24(18-37)25(19-38)27(21-40)35(34)41-3;/h4-8,10-17,44H,1-2H3;/q-1;. The zero-order valence-corrected chi connectivity index (χ0v) is 26.2. The molecule has 1 N–H and O–H groups in total. The minimum atomic E-state index is -0.591. The molecule has 0 bridgehead atoms. The van der Waals surface area contributed by atoms with Crippen LogP contribution in [0.5, 0.6) is 5.75 Å². The van der Waals surface area contributed by atoms with Gasteiger partial charge in [-0.3, -0.25) is 9.97 Å². The third-order valence-electron chi connectivity index (χ3n) is 7.38. The number of phenols is 1. The molecule has 0 atom stereocenters. The van der Waals surface area contributed by atoms with E-state index in [1.165, 1.54) is 0 Å². The average Bonchev–Trinajstić information content (AvgIpc) is 3.07. The van der Waals surface area contributed by atoms with Gasteiger partial charge in [0.15, 0.2) is 0 Å². The smallest absolute Gasteiger partial charge is 0.213 e. The van der Waals surface area contributed by atoms with E-state index in [4.69, 9.17) is 16.5 Å². The van der Waals surface area contributed by atoms with Gasteiger partial charge in [-0.2, -0.15) is 21.0 Å². The Morgan fingerprint density at radius 2 is 1.36 bits per heavy atom. The summed E-state index contributed by atoms with van der Waals surface area (Å²) in [6, 6.07) is 33.8. The number of aromatic nitrogens is 2. The van der Waals surface area contributed by atoms with E-state index >= 15 is 0 Å². The Balaban J connectivity index is 0.00000461. The summed E-state index contributed by atoms with van der Waals surface area (Å²) in [4.78, 5) is 13.2. The Hall–Kier alpha value is -6.10. The number of pyridine rings is 2. The molecule has 0 radical (unpaired) electrons. The van der Waals surface area contributed by atoms with Crippen molar-refractivity contribution in [2.24, 2.45) is 0 Å². The van der Waals surface area contributed by atoms with Gasteiger partial charge in [-0.1, -0.05) is 50.2 Å². The van der Waals surface area contributed by atoms with Crippen LogP contribution in [0.15, 0.2) is 78.9 Å². The summed E-state index contributed by atoms with van der Waals surface area (Å²) < 4.78 is 0. The van der Waals surface area contributed by atoms with Crippen molar-refractivity contribution >= 4 is 5.69 Å². The minimum Gasteiger partial charge on any atom is -0.508 e. The number of nitriles is 4. The molecule has 0 aliphatic heterocycles. The average molecular weight is 762 g/mol. The molecule has 3 aromatic carbocycles. The minimum absolute atomic E-state index is 0. The maximum Gasteiger partial charge on any atom is 0.213 e. The molecule has 216 valence electrons. The summed E-state index contributed by atoms with van der Waals surface area (Å²) in [5, 5.41) is 49.6. The summed E-state index contributed by atoms with van der Waals surface area (Å²) in [7, 11) is 0. The first-order valence-electron chi connectivity index (χ1n) is 13.3. The summed E-state index contributed by atoms with van der Waals surface area (Å²) in [6.45, 7) is 11.7. The van der Waals surface area contributed by atoms with E-state index in [1.54, 1.807) is 42.5 Å². The van der Waals surface area contributed by atoms with E-state index in [9.17, 15) is 26.2 Å². The first-order chi connectivity index (χ1) is 21.3. The van der Waals surface area contributed by atoms with Crippen LogP contribution < -0.4 is 0 Å². The number of hydrogen-bond donors (Lipinski definition) is 1. The van der Waals surface area contributed by atoms with Gasteiger partial charge in [0.05, 0.1) is 58.0 Å². The van der Waals surface area contributed by atoms with E-state index in [1.807, 2.05) is 74.5 Å². The molecule has 2 aromatic heterocycles. The van der Waals surface area contributed by atoms with Crippen molar-refractivity contribution in [3.8, 4) is 63.8 Å². The molecule has 0 saturated carbocycles. The number of nitrogens with zero attached hydrogens (tertiary/aromatic N) is 7. The topological polar surface area (TPSA) is 146 Å². The Morgan fingerprint density at radius 1 is 0.756 bits per heavy atom. The summed E-state index contributed by atoms with van der Waals surface area (Å²) in [5.74, 6) is 0.187. The van der Waals surface area contributed by atoms with Crippen molar-refractivity contribution in [2.75, 3.05) is 0 Å². The van der Waals surface area contributed by atoms with Crippen LogP contribution in [0.2, 0.25) is 0 Å². The molecule has 9 heteroatoms. The van der Waals surface area contributed by atoms with E-state index in [0.29, 0.717) is 28.2 Å². The Morgan fingerprint density at radius 3 is 2.00 bits per heavy atom. The maximum atomic E-state index is 10.5. The largest absolute Gasteiger partial charge is 0.508 e. The summed E-state index contributed by atoms with van der Waals surface area (Å²) in [6.07, 6.45) is 0. The molecule has 0 aliphatic rings. The molecular weight excluding hydrogens is 742 g/mol. The predicted molar refractivity (Wildman–Crippen MR) is 163 cm³/mol. The van der Waals surface area contributed by atoms with Gasteiger partial charge in [0.1, 0.15) is 17.9 Å². The van der Waals surface area contributed by atoms with Gasteiger partial charge in [-0.15, -0.1) is 35.4 Å². The molecule has 0 unspecified atom stereocenters. The van der Waals surface area contributed by atoms with Crippen molar-refractivity contribution in [2.45, 2.75) is 19.3 Å². The second-order valence-corrected chi connectivity index (χ2v) is 10.2. The summed E-state index contributed by atoms with van der Waals surface area (Å²) in [5.41, 5.74) is 2.57. The SMILES string of the molecule is [C-]#[N+]c1c(C#N)c(C#N)c(C#N)c(C#N)c1-c1cc[c-]c(-c2cccc(-c3cccc(C(C)(C)c4ccccc4O)n3)n2)c1.[Pt]. The van der Waals surface area contributed by atoms with E-state index in [-0.39, 0.29) is 60.3 Å². The molecule has 2 heterocycles. The molecule has 0 spiro atoms. The monoisotopic (exact) mass is 761 g/mol. The molecule has 0 saturated heterocycles. The third-order valence-corrected chi connectivity index (χ3v) is 7.38. The first kappa shape index (κ1) is 31.8. The quantitative estimate of drug-likeness (QED) is 0.185. The van der Waals surface area contributed by atoms with Gasteiger partial charge in [-0.25, -0.2) is 4.85 Å². The maximum absolute atomic E-state index is 10.5. The van der Waals surface area contributed by atoms with E-state index in [2.05, 4.69) is 10.9 Å². The van der Waals surface area contributed by atoms with Crippen molar-refractivity contribution in [1.29, 1.82) is 21.0 Å². The van der Waals surface area contributed by atoms with Crippen molar-refractivity contribution in [3.05, 3.63) is 130 Å². The number of phenolic OH excluding ortho intramolecular Hbond substituents is 1. The van der Waals surface area contributed by atoms with Gasteiger partial charge in [0.2, 0.25) is 5.69 Å². The van der Waals surface area contributed by atoms with Crippen LogP contribution in [0.3, 0.4) is 0 Å². The van der Waals surface area contributed by atoms with Gasteiger partial charge in [-0.05, 0) is 35.5 Å². The second kappa shape index (κ2) is 13.0. The molecule has 0 fully saturated rings. The molecule has 0 aliphatic carbocycles. The number of hydrogen-bond acceptors (Lipinski definition) is 7. The third kappa shape index (κ3) is 5.66. The molecular formula is C36H20N7OPt-. The zero-order valence-electron chi connectivity index (χ0n) is 23.9. The Kier molecular flexibility index (Phi) is 9.22. The number of rotatable bonds is 5. The normalized spacial score (nSPS) is 10.2. The van der Waals surface area contributed by atoms with Crippen LogP contribution in [0.4, 0.5) is 5.69 Å². The van der Waals surface area contributed by atoms with Gasteiger partial charge < -0.3 is 5.11 Å². The first-order valence-corrected chi connectivity index (χ1v) is 13.3. The molecule has 8 nitrogen and oxygen atoms in total. The molecule has 0 amide bonds. The van der Waals surface area contributed by atoms with Crippen molar-refractivity contribution in [1.82, 2.24) is 9.97 Å². The fourth-order valence-electron chi connectivity index (χ4n) is 5.14. The van der Waals surface area contributed by atoms with Crippen LogP contribution in [-0.2, 0) is 26.5 Å². The van der Waals surface area contributed by atoms with Crippen LogP contribution in [0.1, 0.15) is 47.4 Å². The number of para-hydroxylation sites is 1. The second-order valence-electron chi connectivity index (χ2n) is 10.2. The van der Waals surface area contributed by atoms with Gasteiger partial charge >= 0.3 is 0 Å². The van der Waals surface area contributed by atoms with Gasteiger partial charge in [0, 0.05) is 32.0 Å². The number of benzene rings is 3. The Bertz CT molecular complexity index is 2140.